The first kappa shape index (κ1) is 21.4. The lowest BCUT2D eigenvalue weighted by Crippen LogP contribution is -2.30. The van der Waals surface area contributed by atoms with Crippen LogP contribution in [0.5, 0.6) is 0 Å². The minimum atomic E-state index is -0.324. The molecule has 0 bridgehead atoms. The maximum Gasteiger partial charge on any atom is 0.231 e. The molecule has 1 aliphatic carbocycles. The van der Waals surface area contributed by atoms with Gasteiger partial charge in [-0.2, -0.15) is 0 Å². The van der Waals surface area contributed by atoms with Crippen molar-refractivity contribution in [2.75, 3.05) is 5.75 Å². The number of aromatic nitrogens is 3. The van der Waals surface area contributed by atoms with Gasteiger partial charge in [0.05, 0.1) is 17.4 Å². The van der Waals surface area contributed by atoms with E-state index >= 15 is 0 Å². The van der Waals surface area contributed by atoms with Crippen LogP contribution < -0.4 is 5.32 Å². The molecule has 0 aliphatic heterocycles. The summed E-state index contributed by atoms with van der Waals surface area (Å²) in [6, 6.07) is 26.4. The molecule has 1 aliphatic rings. The van der Waals surface area contributed by atoms with Crippen molar-refractivity contribution >= 4 is 17.7 Å². The Morgan fingerprint density at radius 2 is 1.55 bits per heavy atom. The fourth-order valence-corrected chi connectivity index (χ4v) is 4.66. The summed E-state index contributed by atoms with van der Waals surface area (Å²) in [6.45, 7) is 0. The highest BCUT2D eigenvalue weighted by Gasteiger charge is 2.31. The summed E-state index contributed by atoms with van der Waals surface area (Å²) in [6.07, 6.45) is 2.01. The Morgan fingerprint density at radius 1 is 0.939 bits per heavy atom. The quantitative estimate of drug-likeness (QED) is 0.358. The van der Waals surface area contributed by atoms with Crippen molar-refractivity contribution in [3.63, 3.8) is 0 Å². The van der Waals surface area contributed by atoms with Gasteiger partial charge >= 0.3 is 0 Å². The molecule has 0 saturated heterocycles. The van der Waals surface area contributed by atoms with Gasteiger partial charge in [0.1, 0.15) is 5.82 Å². The molecule has 1 N–H and O–H groups in total. The van der Waals surface area contributed by atoms with Gasteiger partial charge in [-0.25, -0.2) is 4.39 Å². The van der Waals surface area contributed by atoms with Crippen molar-refractivity contribution in [2.24, 2.45) is 0 Å². The summed E-state index contributed by atoms with van der Waals surface area (Å²) in [5, 5.41) is 12.3. The van der Waals surface area contributed by atoms with E-state index in [0.29, 0.717) is 16.5 Å². The second-order valence-electron chi connectivity index (χ2n) is 8.00. The van der Waals surface area contributed by atoms with Gasteiger partial charge in [0, 0.05) is 6.04 Å². The number of benzene rings is 3. The molecule has 1 amide bonds. The predicted octanol–water partition coefficient (Wildman–Crippen LogP) is 5.42. The molecule has 3 aromatic carbocycles. The van der Waals surface area contributed by atoms with Crippen molar-refractivity contribution in [1.82, 2.24) is 20.1 Å². The largest absolute Gasteiger partial charge is 0.344 e. The smallest absolute Gasteiger partial charge is 0.231 e. The zero-order valence-corrected chi connectivity index (χ0v) is 18.7. The van der Waals surface area contributed by atoms with Crippen molar-refractivity contribution < 1.29 is 9.18 Å². The molecule has 0 unspecified atom stereocenters. The average molecular weight is 459 g/mol. The van der Waals surface area contributed by atoms with Gasteiger partial charge in [-0.1, -0.05) is 84.6 Å². The number of nitrogens with zero attached hydrogens (tertiary/aromatic N) is 3. The van der Waals surface area contributed by atoms with Gasteiger partial charge in [-0.15, -0.1) is 10.2 Å². The molecule has 1 saturated carbocycles. The summed E-state index contributed by atoms with van der Waals surface area (Å²) in [4.78, 5) is 13.0. The minimum absolute atomic E-state index is 0.101. The first-order valence-electron chi connectivity index (χ1n) is 10.9. The van der Waals surface area contributed by atoms with Crippen LogP contribution in [0.25, 0.3) is 11.4 Å². The van der Waals surface area contributed by atoms with Crippen LogP contribution in [0.1, 0.15) is 36.1 Å². The van der Waals surface area contributed by atoms with Crippen LogP contribution in [0.15, 0.2) is 90.1 Å². The fraction of sp³-hybridized carbons (Fsp3) is 0.192. The van der Waals surface area contributed by atoms with E-state index in [1.165, 1.54) is 17.8 Å². The van der Waals surface area contributed by atoms with E-state index in [1.807, 2.05) is 65.2 Å². The van der Waals surface area contributed by atoms with Crippen LogP contribution in [0, 0.1) is 5.82 Å². The summed E-state index contributed by atoms with van der Waals surface area (Å²) < 4.78 is 16.4. The maximum atomic E-state index is 14.4. The zero-order chi connectivity index (χ0) is 22.6. The van der Waals surface area contributed by atoms with E-state index in [0.717, 1.165) is 24.0 Å². The molecule has 1 heterocycles. The molecule has 5 rings (SSSR count). The molecule has 33 heavy (non-hydrogen) atoms. The number of carbonyl (C=O) groups is 1. The van der Waals surface area contributed by atoms with Crippen LogP contribution >= 0.6 is 11.8 Å². The Balaban J connectivity index is 1.33. The molecular formula is C26H23FN4OS. The number of hydrogen-bond acceptors (Lipinski definition) is 4. The molecule has 4 aromatic rings. The van der Waals surface area contributed by atoms with Gasteiger partial charge in [-0.3, -0.25) is 9.36 Å². The molecule has 0 radical (unpaired) electrons. The third-order valence-electron chi connectivity index (χ3n) is 5.59. The number of halogens is 1. The third-order valence-corrected chi connectivity index (χ3v) is 6.54. The molecule has 1 fully saturated rings. The van der Waals surface area contributed by atoms with E-state index in [9.17, 15) is 9.18 Å². The van der Waals surface area contributed by atoms with Crippen LogP contribution in [0.4, 0.5) is 4.39 Å². The van der Waals surface area contributed by atoms with Crippen LogP contribution in [0.3, 0.4) is 0 Å². The van der Waals surface area contributed by atoms with E-state index in [4.69, 9.17) is 0 Å². The highest BCUT2D eigenvalue weighted by molar-refractivity contribution is 7.99. The monoisotopic (exact) mass is 458 g/mol. The highest BCUT2D eigenvalue weighted by atomic mass is 32.2. The van der Waals surface area contributed by atoms with Gasteiger partial charge in [0.2, 0.25) is 5.91 Å². The zero-order valence-electron chi connectivity index (χ0n) is 17.9. The molecule has 0 spiro atoms. The minimum Gasteiger partial charge on any atom is -0.344 e. The normalized spacial score (nSPS) is 13.3. The molecule has 1 aromatic heterocycles. The number of amides is 1. The molecule has 7 heteroatoms. The van der Waals surface area contributed by atoms with Crippen molar-refractivity contribution in [1.29, 1.82) is 0 Å². The van der Waals surface area contributed by atoms with Crippen LogP contribution in [0.2, 0.25) is 0 Å². The molecule has 0 atom stereocenters. The molecule has 5 nitrogen and oxygen atoms in total. The first-order valence-corrected chi connectivity index (χ1v) is 11.9. The average Bonchev–Trinajstić information content (AvgIpc) is 3.61. The maximum absolute atomic E-state index is 14.4. The Kier molecular flexibility index (Phi) is 6.21. The summed E-state index contributed by atoms with van der Waals surface area (Å²) in [5.74, 6) is 0.285. The number of hydrogen-bond donors (Lipinski definition) is 1. The lowest BCUT2D eigenvalue weighted by molar-refractivity contribution is -0.119. The SMILES string of the molecule is O=C(CSc1nnc(-c2ccccc2F)n1C1CC1)NC(c1ccccc1)c1ccccc1. The second kappa shape index (κ2) is 9.58. The predicted molar refractivity (Wildman–Crippen MR) is 127 cm³/mol. The van der Waals surface area contributed by atoms with Gasteiger partial charge in [0.15, 0.2) is 11.0 Å². The summed E-state index contributed by atoms with van der Waals surface area (Å²) in [5.41, 5.74) is 2.47. The van der Waals surface area contributed by atoms with E-state index in [2.05, 4.69) is 15.5 Å². The number of nitrogens with one attached hydrogen (secondary N) is 1. The van der Waals surface area contributed by atoms with Gasteiger partial charge in [0.25, 0.3) is 0 Å². The summed E-state index contributed by atoms with van der Waals surface area (Å²) in [7, 11) is 0. The number of rotatable bonds is 8. The van der Waals surface area contributed by atoms with E-state index in [-0.39, 0.29) is 29.6 Å². The molecule has 166 valence electrons. The Labute approximate surface area is 196 Å². The van der Waals surface area contributed by atoms with E-state index in [1.54, 1.807) is 18.2 Å². The molecular weight excluding hydrogens is 435 g/mol. The van der Waals surface area contributed by atoms with Crippen LogP contribution in [-0.2, 0) is 4.79 Å². The van der Waals surface area contributed by atoms with Crippen molar-refractivity contribution in [3.8, 4) is 11.4 Å². The Bertz CT molecular complexity index is 1200. The highest BCUT2D eigenvalue weighted by Crippen LogP contribution is 2.41. The van der Waals surface area contributed by atoms with Crippen LogP contribution in [-0.4, -0.2) is 26.4 Å². The topological polar surface area (TPSA) is 59.8 Å². The second-order valence-corrected chi connectivity index (χ2v) is 8.94. The summed E-state index contributed by atoms with van der Waals surface area (Å²) >= 11 is 1.33. The van der Waals surface area contributed by atoms with Crippen molar-refractivity contribution in [3.05, 3.63) is 102 Å². The van der Waals surface area contributed by atoms with Gasteiger partial charge in [-0.05, 0) is 36.1 Å². The Morgan fingerprint density at radius 3 is 2.15 bits per heavy atom. The number of thioether (sulfide) groups is 1. The first-order chi connectivity index (χ1) is 16.2. The third kappa shape index (κ3) is 4.83. The van der Waals surface area contributed by atoms with E-state index < -0.39 is 0 Å². The lowest BCUT2D eigenvalue weighted by Gasteiger charge is -2.20. The lowest BCUT2D eigenvalue weighted by atomic mass is 9.99. The Hall–Kier alpha value is -3.45. The fourth-order valence-electron chi connectivity index (χ4n) is 3.85. The van der Waals surface area contributed by atoms with Gasteiger partial charge < -0.3 is 5.32 Å². The van der Waals surface area contributed by atoms with Crippen molar-refractivity contribution in [2.45, 2.75) is 30.1 Å². The standard InChI is InChI=1S/C26H23FN4OS/c27-22-14-8-7-13-21(22)25-29-30-26(31(25)20-15-16-20)33-17-23(32)28-24(18-9-3-1-4-10-18)19-11-5-2-6-12-19/h1-14,20,24H,15-17H2,(H,28,32). The number of carbonyl (C=O) groups excluding carboxylic acids is 1.